The van der Waals surface area contributed by atoms with Crippen molar-refractivity contribution in [3.05, 3.63) is 111 Å². The fourth-order valence-corrected chi connectivity index (χ4v) is 8.10. The minimum Gasteiger partial charge on any atom is -0.489 e. The van der Waals surface area contributed by atoms with Crippen molar-refractivity contribution in [3.8, 4) is 5.75 Å². The number of aromatic nitrogens is 2. The Hall–Kier alpha value is -5.07. The number of nitrogens with zero attached hydrogens (tertiary/aromatic N) is 4. The summed E-state index contributed by atoms with van der Waals surface area (Å²) >= 11 is 6.17. The highest BCUT2D eigenvalue weighted by Crippen LogP contribution is 2.43. The van der Waals surface area contributed by atoms with E-state index in [-0.39, 0.29) is 36.4 Å². The molecule has 63 heavy (non-hydrogen) atoms. The maximum Gasteiger partial charge on any atom is 0.419 e. The summed E-state index contributed by atoms with van der Waals surface area (Å²) in [5, 5.41) is 23.8. The number of carbonyl (C=O) groups excluding carboxylic acids is 2. The SMILES string of the molecule is C[C@@H]1C[C@@H](O)c2ncnc(N3CCN(C(=O)[C@H](CNCCNC(=O)CNCCCCCNCc4cc(N)ccc4OCc4ccc(F)c(C(F)(F)F)c4)c4ccc(Cl)cc4)CC3)c21. The van der Waals surface area contributed by atoms with Crippen LogP contribution in [-0.4, -0.2) is 97.2 Å². The molecule has 0 spiro atoms. The van der Waals surface area contributed by atoms with Crippen molar-refractivity contribution in [2.45, 2.75) is 69.9 Å². The zero-order chi connectivity index (χ0) is 44.9. The largest absolute Gasteiger partial charge is 0.489 e. The number of rotatable bonds is 21. The van der Waals surface area contributed by atoms with E-state index in [0.717, 1.165) is 53.9 Å². The van der Waals surface area contributed by atoms with Gasteiger partial charge in [-0.25, -0.2) is 14.4 Å². The van der Waals surface area contributed by atoms with Crippen molar-refractivity contribution in [2.24, 2.45) is 0 Å². The second kappa shape index (κ2) is 22.5. The number of benzene rings is 3. The molecule has 3 atom stereocenters. The lowest BCUT2D eigenvalue weighted by Crippen LogP contribution is -2.51. The number of aliphatic hydroxyl groups excluding tert-OH is 1. The summed E-state index contributed by atoms with van der Waals surface area (Å²) in [6.45, 7) is 7.46. The molecule has 2 aliphatic rings. The number of anilines is 2. The number of nitrogen functional groups attached to an aromatic ring is 1. The number of piperazine rings is 1. The minimum atomic E-state index is -4.80. The van der Waals surface area contributed by atoms with Crippen LogP contribution in [0.3, 0.4) is 0 Å². The van der Waals surface area contributed by atoms with Crippen LogP contribution in [0.15, 0.2) is 67.0 Å². The normalized spacial score (nSPS) is 16.8. The number of nitrogens with two attached hydrogens (primary N) is 1. The van der Waals surface area contributed by atoms with E-state index in [2.05, 4.69) is 43.1 Å². The summed E-state index contributed by atoms with van der Waals surface area (Å²) in [7, 11) is 0. The minimum absolute atomic E-state index is 0.0151. The van der Waals surface area contributed by atoms with Crippen LogP contribution in [0, 0.1) is 5.82 Å². The van der Waals surface area contributed by atoms with Crippen molar-refractivity contribution in [2.75, 3.05) is 76.1 Å². The Kier molecular flexibility index (Phi) is 16.9. The Balaban J connectivity index is 0.843. The highest BCUT2D eigenvalue weighted by molar-refractivity contribution is 6.30. The van der Waals surface area contributed by atoms with Gasteiger partial charge in [-0.1, -0.05) is 43.1 Å². The highest BCUT2D eigenvalue weighted by Gasteiger charge is 2.36. The number of halogens is 5. The lowest BCUT2D eigenvalue weighted by Gasteiger charge is -2.38. The van der Waals surface area contributed by atoms with Gasteiger partial charge in [0.2, 0.25) is 11.8 Å². The van der Waals surface area contributed by atoms with Gasteiger partial charge in [-0.3, -0.25) is 9.59 Å². The summed E-state index contributed by atoms with van der Waals surface area (Å²) in [5.74, 6) is -0.421. The average molecular weight is 898 g/mol. The smallest absolute Gasteiger partial charge is 0.419 e. The third-order valence-electron chi connectivity index (χ3n) is 11.3. The molecule has 6 rings (SSSR count). The molecule has 4 aromatic rings. The van der Waals surface area contributed by atoms with Crippen LogP contribution in [-0.2, 0) is 28.9 Å². The first-order chi connectivity index (χ1) is 30.3. The fraction of sp³-hybridized carbons (Fsp3) is 0.467. The fourth-order valence-electron chi connectivity index (χ4n) is 7.98. The van der Waals surface area contributed by atoms with Gasteiger partial charge in [-0.05, 0) is 91.9 Å². The summed E-state index contributed by atoms with van der Waals surface area (Å²) in [4.78, 5) is 39.4. The van der Waals surface area contributed by atoms with Gasteiger partial charge in [-0.2, -0.15) is 13.2 Å². The number of amides is 2. The monoisotopic (exact) mass is 897 g/mol. The molecule has 0 unspecified atom stereocenters. The van der Waals surface area contributed by atoms with Crippen molar-refractivity contribution in [1.82, 2.24) is 36.1 Å². The summed E-state index contributed by atoms with van der Waals surface area (Å²) < 4.78 is 58.9. The second-order valence-corrected chi connectivity index (χ2v) is 16.4. The average Bonchev–Trinajstić information content (AvgIpc) is 3.56. The predicted octanol–water partition coefficient (Wildman–Crippen LogP) is 5.68. The number of alkyl halides is 3. The standard InChI is InChI=1S/C45H56ClF4N9O4/c1-29-21-38(60)42-41(29)43(57-28-56-42)58-17-19-59(20-18-58)44(62)35(31-6-8-33(46)9-7-31)25-54-15-16-55-40(61)26-53-14-4-2-3-13-52-24-32-23-34(51)10-12-39(32)63-27-30-5-11-37(47)36(22-30)45(48,49)50/h5-12,22-23,28-29,35,38,52-54,60H,2-4,13-21,24-27,51H2,1H3,(H,55,61)/t29-,35-,38-/m1/s1. The molecule has 1 aliphatic carbocycles. The molecule has 340 valence electrons. The molecule has 1 aliphatic heterocycles. The molecule has 1 saturated heterocycles. The highest BCUT2D eigenvalue weighted by atomic mass is 35.5. The Bertz CT molecular complexity index is 2140. The maximum absolute atomic E-state index is 14.0. The van der Waals surface area contributed by atoms with Crippen LogP contribution in [0.4, 0.5) is 29.1 Å². The number of unbranched alkanes of at least 4 members (excludes halogenated alkanes) is 2. The van der Waals surface area contributed by atoms with Gasteiger partial charge in [0.1, 0.15) is 30.3 Å². The van der Waals surface area contributed by atoms with Gasteiger partial charge in [0, 0.05) is 74.2 Å². The van der Waals surface area contributed by atoms with E-state index < -0.39 is 29.6 Å². The van der Waals surface area contributed by atoms with E-state index in [0.29, 0.717) is 94.0 Å². The van der Waals surface area contributed by atoms with Crippen LogP contribution in [0.1, 0.15) is 84.1 Å². The Morgan fingerprint density at radius 3 is 2.43 bits per heavy atom. The van der Waals surface area contributed by atoms with Crippen LogP contribution < -0.4 is 36.6 Å². The number of hydrogen-bond acceptors (Lipinski definition) is 11. The molecule has 1 fully saturated rings. The first-order valence-electron chi connectivity index (χ1n) is 21.4. The van der Waals surface area contributed by atoms with Crippen LogP contribution in [0.5, 0.6) is 5.75 Å². The van der Waals surface area contributed by atoms with Gasteiger partial charge in [0.25, 0.3) is 0 Å². The van der Waals surface area contributed by atoms with Crippen LogP contribution in [0.25, 0.3) is 0 Å². The zero-order valence-electron chi connectivity index (χ0n) is 35.3. The molecule has 0 saturated carbocycles. The van der Waals surface area contributed by atoms with Crippen molar-refractivity contribution in [3.63, 3.8) is 0 Å². The lowest BCUT2D eigenvalue weighted by atomic mass is 9.97. The summed E-state index contributed by atoms with van der Waals surface area (Å²) in [6, 6.07) is 15.2. The predicted molar refractivity (Wildman–Crippen MR) is 234 cm³/mol. The molecule has 3 aromatic carbocycles. The molecule has 1 aromatic heterocycles. The van der Waals surface area contributed by atoms with Gasteiger partial charge in [-0.15, -0.1) is 0 Å². The number of nitrogens with one attached hydrogen (secondary N) is 4. The van der Waals surface area contributed by atoms with Gasteiger partial charge in [0.15, 0.2) is 0 Å². The van der Waals surface area contributed by atoms with E-state index in [4.69, 9.17) is 22.1 Å². The van der Waals surface area contributed by atoms with Crippen LogP contribution >= 0.6 is 11.6 Å². The van der Waals surface area contributed by atoms with Crippen LogP contribution in [0.2, 0.25) is 5.02 Å². The first-order valence-corrected chi connectivity index (χ1v) is 21.7. The van der Waals surface area contributed by atoms with E-state index in [9.17, 15) is 32.3 Å². The molecular formula is C45H56ClF4N9O4. The van der Waals surface area contributed by atoms with Gasteiger partial charge >= 0.3 is 6.18 Å². The summed E-state index contributed by atoms with van der Waals surface area (Å²) in [5.41, 5.74) is 8.64. The van der Waals surface area contributed by atoms with Crippen molar-refractivity contribution in [1.29, 1.82) is 0 Å². The van der Waals surface area contributed by atoms with E-state index >= 15 is 0 Å². The molecular weight excluding hydrogens is 842 g/mol. The molecule has 0 radical (unpaired) electrons. The number of fused-ring (bicyclic) bond motifs is 1. The number of carbonyl (C=O) groups is 2. The first kappa shape index (κ1) is 47.4. The Morgan fingerprint density at radius 2 is 1.68 bits per heavy atom. The molecule has 2 amide bonds. The van der Waals surface area contributed by atoms with Gasteiger partial charge in [0.05, 0.1) is 29.8 Å². The number of hydrogen-bond donors (Lipinski definition) is 6. The maximum atomic E-state index is 14.0. The van der Waals surface area contributed by atoms with Crippen molar-refractivity contribution >= 4 is 34.9 Å². The number of aliphatic hydroxyl groups is 1. The second-order valence-electron chi connectivity index (χ2n) is 16.0. The third-order valence-corrected chi connectivity index (χ3v) is 11.6. The summed E-state index contributed by atoms with van der Waals surface area (Å²) in [6.07, 6.45) is -0.598. The topological polar surface area (TPSA) is 170 Å². The third kappa shape index (κ3) is 13.2. The van der Waals surface area contributed by atoms with E-state index in [1.54, 1.807) is 30.3 Å². The Morgan fingerprint density at radius 1 is 0.937 bits per heavy atom. The van der Waals surface area contributed by atoms with E-state index in [1.807, 2.05) is 17.0 Å². The van der Waals surface area contributed by atoms with Crippen molar-refractivity contribution < 1.29 is 37.0 Å². The molecule has 18 heteroatoms. The van der Waals surface area contributed by atoms with E-state index in [1.165, 1.54) is 12.4 Å². The molecule has 0 bridgehead atoms. The zero-order valence-corrected chi connectivity index (χ0v) is 36.1. The number of ether oxygens (including phenoxy) is 1. The molecule has 13 nitrogen and oxygen atoms in total. The molecule has 2 heterocycles. The lowest BCUT2D eigenvalue weighted by molar-refractivity contribution is -0.140. The quantitative estimate of drug-likeness (QED) is 0.0346. The molecule has 7 N–H and O–H groups in total. The Labute approximate surface area is 370 Å². The van der Waals surface area contributed by atoms with Gasteiger partial charge < -0.3 is 46.6 Å².